The molecule has 0 spiro atoms. The van der Waals surface area contributed by atoms with Gasteiger partial charge in [-0.05, 0) is 11.6 Å². The maximum Gasteiger partial charge on any atom is 0.165 e. The van der Waals surface area contributed by atoms with E-state index >= 15 is 0 Å². The lowest BCUT2D eigenvalue weighted by Crippen LogP contribution is -1.96. The Labute approximate surface area is 88.1 Å². The highest BCUT2D eigenvalue weighted by atomic mass is 19.1. The summed E-state index contributed by atoms with van der Waals surface area (Å²) < 4.78 is 18.4. The SMILES string of the molecule is Fc1ccc[c]c1OCc1ccccc1. The Hall–Kier alpha value is -1.83. The minimum Gasteiger partial charge on any atom is -0.485 e. The molecule has 0 aliphatic rings. The van der Waals surface area contributed by atoms with Crippen molar-refractivity contribution >= 4 is 0 Å². The molecular formula is C13H10FO. The second-order valence-electron chi connectivity index (χ2n) is 3.12. The van der Waals surface area contributed by atoms with Crippen molar-refractivity contribution in [3.05, 3.63) is 66.0 Å². The van der Waals surface area contributed by atoms with Gasteiger partial charge in [0.05, 0.1) is 0 Å². The maximum absolute atomic E-state index is 13.1. The summed E-state index contributed by atoms with van der Waals surface area (Å²) in [6.45, 7) is 0.359. The molecule has 2 aromatic carbocycles. The van der Waals surface area contributed by atoms with E-state index in [1.807, 2.05) is 30.3 Å². The fourth-order valence-electron chi connectivity index (χ4n) is 1.24. The van der Waals surface area contributed by atoms with Crippen LogP contribution in [0.3, 0.4) is 0 Å². The van der Waals surface area contributed by atoms with Gasteiger partial charge < -0.3 is 4.74 Å². The van der Waals surface area contributed by atoms with E-state index in [1.165, 1.54) is 6.07 Å². The Morgan fingerprint density at radius 1 is 1.07 bits per heavy atom. The quantitative estimate of drug-likeness (QED) is 0.741. The number of ether oxygens (including phenoxy) is 1. The molecule has 1 radical (unpaired) electrons. The van der Waals surface area contributed by atoms with Crippen LogP contribution in [0.2, 0.25) is 0 Å². The predicted molar refractivity (Wildman–Crippen MR) is 56.0 cm³/mol. The van der Waals surface area contributed by atoms with Crippen molar-refractivity contribution in [2.24, 2.45) is 0 Å². The summed E-state index contributed by atoms with van der Waals surface area (Å²) in [6.07, 6.45) is 0. The number of hydrogen-bond donors (Lipinski definition) is 0. The first-order valence-corrected chi connectivity index (χ1v) is 4.69. The summed E-state index contributed by atoms with van der Waals surface area (Å²) in [4.78, 5) is 0. The molecule has 0 unspecified atom stereocenters. The molecule has 0 saturated carbocycles. The fraction of sp³-hybridized carbons (Fsp3) is 0.0769. The molecular weight excluding hydrogens is 191 g/mol. The van der Waals surface area contributed by atoms with Crippen molar-refractivity contribution in [3.63, 3.8) is 0 Å². The Bertz CT molecular complexity index is 426. The van der Waals surface area contributed by atoms with Gasteiger partial charge in [-0.3, -0.25) is 0 Å². The van der Waals surface area contributed by atoms with Crippen LogP contribution in [0.15, 0.2) is 48.5 Å². The third kappa shape index (κ3) is 2.56. The molecule has 0 N–H and O–H groups in total. The van der Waals surface area contributed by atoms with Gasteiger partial charge in [0.1, 0.15) is 6.61 Å². The third-order valence-electron chi connectivity index (χ3n) is 2.00. The van der Waals surface area contributed by atoms with Crippen molar-refractivity contribution < 1.29 is 9.13 Å². The minimum absolute atomic E-state index is 0.168. The zero-order valence-electron chi connectivity index (χ0n) is 8.11. The molecule has 2 rings (SSSR count). The van der Waals surface area contributed by atoms with Crippen LogP contribution in [-0.2, 0) is 6.61 Å². The van der Waals surface area contributed by atoms with Crippen molar-refractivity contribution in [1.29, 1.82) is 0 Å². The van der Waals surface area contributed by atoms with Gasteiger partial charge in [-0.2, -0.15) is 0 Å². The van der Waals surface area contributed by atoms with Gasteiger partial charge in [-0.15, -0.1) is 0 Å². The van der Waals surface area contributed by atoms with Crippen LogP contribution in [0, 0.1) is 11.9 Å². The van der Waals surface area contributed by atoms with Gasteiger partial charge in [-0.25, -0.2) is 4.39 Å². The minimum atomic E-state index is -0.381. The fourth-order valence-corrected chi connectivity index (χ4v) is 1.24. The molecule has 0 bridgehead atoms. The Balaban J connectivity index is 2.03. The van der Waals surface area contributed by atoms with E-state index in [4.69, 9.17) is 4.74 Å². The van der Waals surface area contributed by atoms with Crippen molar-refractivity contribution in [2.45, 2.75) is 6.61 Å². The van der Waals surface area contributed by atoms with E-state index in [9.17, 15) is 4.39 Å². The number of halogens is 1. The zero-order valence-corrected chi connectivity index (χ0v) is 8.11. The molecule has 0 fully saturated rings. The molecule has 0 aliphatic carbocycles. The number of para-hydroxylation sites is 1. The first kappa shape index (κ1) is 9.71. The summed E-state index contributed by atoms with van der Waals surface area (Å²) in [5.74, 6) is -0.213. The Morgan fingerprint density at radius 3 is 2.60 bits per heavy atom. The van der Waals surface area contributed by atoms with Gasteiger partial charge in [0.15, 0.2) is 11.6 Å². The molecule has 2 aromatic rings. The molecule has 0 atom stereocenters. The van der Waals surface area contributed by atoms with E-state index < -0.39 is 0 Å². The molecule has 2 heteroatoms. The van der Waals surface area contributed by atoms with Crippen LogP contribution in [-0.4, -0.2) is 0 Å². The van der Waals surface area contributed by atoms with E-state index in [1.54, 1.807) is 12.1 Å². The molecule has 0 heterocycles. The van der Waals surface area contributed by atoms with Crippen LogP contribution < -0.4 is 4.74 Å². The first-order chi connectivity index (χ1) is 7.36. The average molecular weight is 201 g/mol. The van der Waals surface area contributed by atoms with Crippen LogP contribution in [0.1, 0.15) is 5.56 Å². The molecule has 0 amide bonds. The standard InChI is InChI=1S/C13H10FO/c14-12-8-4-5-9-13(12)15-10-11-6-2-1-3-7-11/h1-8H,10H2. The van der Waals surface area contributed by atoms with Crippen molar-refractivity contribution in [3.8, 4) is 5.75 Å². The largest absolute Gasteiger partial charge is 0.485 e. The smallest absolute Gasteiger partial charge is 0.165 e. The predicted octanol–water partition coefficient (Wildman–Crippen LogP) is 3.20. The summed E-state index contributed by atoms with van der Waals surface area (Å²) in [5.41, 5.74) is 1.01. The van der Waals surface area contributed by atoms with Crippen LogP contribution in [0.4, 0.5) is 4.39 Å². The summed E-state index contributed by atoms with van der Waals surface area (Å²) in [6, 6.07) is 16.9. The molecule has 0 aromatic heterocycles. The Morgan fingerprint density at radius 2 is 1.87 bits per heavy atom. The molecule has 0 saturated heterocycles. The van der Waals surface area contributed by atoms with Crippen LogP contribution >= 0.6 is 0 Å². The Kier molecular flexibility index (Phi) is 2.98. The second kappa shape index (κ2) is 4.60. The lowest BCUT2D eigenvalue weighted by atomic mass is 10.2. The highest BCUT2D eigenvalue weighted by Crippen LogP contribution is 2.16. The van der Waals surface area contributed by atoms with Crippen molar-refractivity contribution in [2.75, 3.05) is 0 Å². The summed E-state index contributed by atoms with van der Waals surface area (Å²) >= 11 is 0. The number of hydrogen-bond acceptors (Lipinski definition) is 1. The lowest BCUT2D eigenvalue weighted by Gasteiger charge is -2.06. The highest BCUT2D eigenvalue weighted by Gasteiger charge is 2.01. The monoisotopic (exact) mass is 201 g/mol. The van der Waals surface area contributed by atoms with E-state index in [-0.39, 0.29) is 11.6 Å². The van der Waals surface area contributed by atoms with Gasteiger partial charge >= 0.3 is 0 Å². The zero-order chi connectivity index (χ0) is 10.5. The highest BCUT2D eigenvalue weighted by molar-refractivity contribution is 5.23. The van der Waals surface area contributed by atoms with Gasteiger partial charge in [0.2, 0.25) is 0 Å². The number of rotatable bonds is 3. The summed E-state index contributed by atoms with van der Waals surface area (Å²) in [5, 5.41) is 0. The van der Waals surface area contributed by atoms with E-state index in [2.05, 4.69) is 6.07 Å². The normalized spacial score (nSPS) is 9.93. The maximum atomic E-state index is 13.1. The third-order valence-corrected chi connectivity index (χ3v) is 2.00. The van der Waals surface area contributed by atoms with Gasteiger partial charge in [0, 0.05) is 6.07 Å². The average Bonchev–Trinajstić information content (AvgIpc) is 2.29. The summed E-state index contributed by atoms with van der Waals surface area (Å²) in [7, 11) is 0. The first-order valence-electron chi connectivity index (χ1n) is 4.69. The van der Waals surface area contributed by atoms with E-state index in [0.717, 1.165) is 5.56 Å². The van der Waals surface area contributed by atoms with Crippen LogP contribution in [0.25, 0.3) is 0 Å². The molecule has 0 aliphatic heterocycles. The lowest BCUT2D eigenvalue weighted by molar-refractivity contribution is 0.289. The van der Waals surface area contributed by atoms with Crippen molar-refractivity contribution in [1.82, 2.24) is 0 Å². The van der Waals surface area contributed by atoms with Gasteiger partial charge in [0.25, 0.3) is 0 Å². The molecule has 75 valence electrons. The molecule has 15 heavy (non-hydrogen) atoms. The second-order valence-corrected chi connectivity index (χ2v) is 3.12. The van der Waals surface area contributed by atoms with Crippen LogP contribution in [0.5, 0.6) is 5.75 Å². The van der Waals surface area contributed by atoms with E-state index in [0.29, 0.717) is 6.61 Å². The topological polar surface area (TPSA) is 9.23 Å². The molecule has 1 nitrogen and oxygen atoms in total. The number of benzene rings is 2. The van der Waals surface area contributed by atoms with Gasteiger partial charge in [-0.1, -0.05) is 42.5 Å².